The highest BCUT2D eigenvalue weighted by Gasteiger charge is 2.54. The fourth-order valence-electron chi connectivity index (χ4n) is 4.50. The number of aliphatic carboxylic acids is 1. The number of H-pyrrole nitrogens is 1. The van der Waals surface area contributed by atoms with Crippen LogP contribution in [0, 0.1) is 0 Å². The average molecular weight is 711 g/mol. The smallest absolute Gasteiger partial charge is 0.481 e. The Bertz CT molecular complexity index is 1740. The fourth-order valence-corrected chi connectivity index (χ4v) is 7.12. The molecule has 0 bridgehead atoms. The SMILES string of the molecule is CCCNc1cc[n+]([C@@H]2O[C@H](COP(=O)(O)OP(=O)(O)CCC(=O)O)[C@H](OC(=O)c3ccccc3)C2OC(=O)c2ccccc2)c(=O)[nH]1. The van der Waals surface area contributed by atoms with Crippen LogP contribution < -0.4 is 15.6 Å². The van der Waals surface area contributed by atoms with Crippen molar-refractivity contribution in [3.63, 3.8) is 0 Å². The van der Waals surface area contributed by atoms with Crippen molar-refractivity contribution in [1.82, 2.24) is 4.98 Å². The molecule has 0 radical (unpaired) electrons. The van der Waals surface area contributed by atoms with Crippen molar-refractivity contribution < 1.29 is 66.0 Å². The number of benzene rings is 2. The molecule has 48 heavy (non-hydrogen) atoms. The van der Waals surface area contributed by atoms with Crippen molar-refractivity contribution in [3.05, 3.63) is 94.5 Å². The Kier molecular flexibility index (Phi) is 12.4. The van der Waals surface area contributed by atoms with Crippen molar-refractivity contribution >= 4 is 39.1 Å². The number of esters is 2. The number of anilines is 1. The van der Waals surface area contributed by atoms with Crippen LogP contribution in [0.15, 0.2) is 77.7 Å². The second-order valence-corrected chi connectivity index (χ2v) is 14.0. The Morgan fingerprint density at radius 1 is 0.938 bits per heavy atom. The average Bonchev–Trinajstić information content (AvgIpc) is 3.38. The maximum absolute atomic E-state index is 13.3. The van der Waals surface area contributed by atoms with Crippen molar-refractivity contribution in [2.24, 2.45) is 0 Å². The number of hydrogen-bond donors (Lipinski definition) is 5. The van der Waals surface area contributed by atoms with Crippen LogP contribution in [0.3, 0.4) is 0 Å². The van der Waals surface area contributed by atoms with Crippen LogP contribution in [-0.4, -0.2) is 75.4 Å². The maximum atomic E-state index is 13.3. The zero-order valence-corrected chi connectivity index (χ0v) is 27.2. The standard InChI is InChI=1S/C29H33N3O14P2/c1-2-15-30-22-13-16-32(29(37)31-22)26-25(45-28(36)20-11-7-4-8-12-20)24(44-27(35)19-9-5-3-6-10-19)21(43-26)18-42-48(40,41)46-47(38,39)17-14-23(33)34/h3-13,16,21,24-26H,2,14-15,17-18H2,1H3,(H4,30,31,33,34,37,38,39,40,41)/p+1/t21-,24+,25?,26-/m1/s1. The Hall–Kier alpha value is -4.21. The molecule has 0 saturated carbocycles. The second-order valence-electron chi connectivity index (χ2n) is 10.4. The maximum Gasteiger partial charge on any atom is 0.499 e. The Labute approximate surface area is 273 Å². The lowest BCUT2D eigenvalue weighted by molar-refractivity contribution is -0.779. The number of carbonyl (C=O) groups excluding carboxylic acids is 2. The van der Waals surface area contributed by atoms with Gasteiger partial charge in [0.2, 0.25) is 12.3 Å². The van der Waals surface area contributed by atoms with Gasteiger partial charge in [-0.1, -0.05) is 43.3 Å². The Morgan fingerprint density at radius 3 is 2.06 bits per heavy atom. The van der Waals surface area contributed by atoms with Gasteiger partial charge in [-0.05, 0) is 30.7 Å². The molecule has 3 aromatic rings. The summed E-state index contributed by atoms with van der Waals surface area (Å²) in [5, 5.41) is 11.8. The minimum Gasteiger partial charge on any atom is -0.481 e. The van der Waals surface area contributed by atoms with Gasteiger partial charge in [-0.25, -0.2) is 18.5 Å². The Morgan fingerprint density at radius 2 is 1.52 bits per heavy atom. The number of nitrogens with zero attached hydrogens (tertiary/aromatic N) is 1. The summed E-state index contributed by atoms with van der Waals surface area (Å²) in [7, 11) is -10.3. The highest BCUT2D eigenvalue weighted by Crippen LogP contribution is 2.60. The highest BCUT2D eigenvalue weighted by atomic mass is 31.3. The number of carboxylic acids is 1. The third-order valence-electron chi connectivity index (χ3n) is 6.75. The monoisotopic (exact) mass is 710 g/mol. The van der Waals surface area contributed by atoms with Gasteiger partial charge in [-0.3, -0.25) is 13.9 Å². The number of nitrogens with one attached hydrogen (secondary N) is 2. The zero-order valence-electron chi connectivity index (χ0n) is 25.4. The molecule has 1 aliphatic heterocycles. The van der Waals surface area contributed by atoms with Gasteiger partial charge in [0.25, 0.3) is 0 Å². The molecule has 1 fully saturated rings. The van der Waals surface area contributed by atoms with Gasteiger partial charge in [0, 0.05) is 12.6 Å². The van der Waals surface area contributed by atoms with E-state index in [1.807, 2.05) is 6.92 Å². The van der Waals surface area contributed by atoms with Crippen LogP contribution in [0.25, 0.3) is 0 Å². The molecule has 2 aromatic carbocycles. The predicted octanol–water partition coefficient (Wildman–Crippen LogP) is 2.63. The van der Waals surface area contributed by atoms with Gasteiger partial charge in [-0.15, -0.1) is 0 Å². The molecule has 1 saturated heterocycles. The summed E-state index contributed by atoms with van der Waals surface area (Å²) in [6, 6.07) is 16.9. The summed E-state index contributed by atoms with van der Waals surface area (Å²) < 4.78 is 52.7. The molecule has 3 unspecified atom stereocenters. The van der Waals surface area contributed by atoms with Crippen LogP contribution in [0.1, 0.15) is 46.7 Å². The molecule has 19 heteroatoms. The van der Waals surface area contributed by atoms with Crippen LogP contribution in [0.4, 0.5) is 5.82 Å². The normalized spacial score (nSPS) is 21.4. The molecule has 17 nitrogen and oxygen atoms in total. The number of phosphoric acid groups is 1. The molecule has 0 spiro atoms. The lowest BCUT2D eigenvalue weighted by Crippen LogP contribution is -2.58. The summed E-state index contributed by atoms with van der Waals surface area (Å²) in [5.41, 5.74) is -0.538. The van der Waals surface area contributed by atoms with E-state index in [0.29, 0.717) is 12.4 Å². The number of carbonyl (C=O) groups is 3. The van der Waals surface area contributed by atoms with E-state index in [1.54, 1.807) is 36.4 Å². The quantitative estimate of drug-likeness (QED) is 0.0815. The first-order valence-electron chi connectivity index (χ1n) is 14.6. The Balaban J connectivity index is 1.69. The van der Waals surface area contributed by atoms with Crippen LogP contribution in [-0.2, 0) is 37.0 Å². The molecule has 258 valence electrons. The number of carboxylic acid groups (broad SMARTS) is 1. The van der Waals surface area contributed by atoms with E-state index in [2.05, 4.69) is 14.6 Å². The third-order valence-corrected chi connectivity index (χ3v) is 9.86. The van der Waals surface area contributed by atoms with E-state index in [1.165, 1.54) is 36.5 Å². The largest absolute Gasteiger partial charge is 0.499 e. The van der Waals surface area contributed by atoms with Gasteiger partial charge >= 0.3 is 39.0 Å². The van der Waals surface area contributed by atoms with Crippen LogP contribution in [0.5, 0.6) is 0 Å². The van der Waals surface area contributed by atoms with Gasteiger partial charge in [-0.2, -0.15) is 14.3 Å². The van der Waals surface area contributed by atoms with Gasteiger partial charge < -0.3 is 34.4 Å². The van der Waals surface area contributed by atoms with Crippen LogP contribution >= 0.6 is 15.4 Å². The van der Waals surface area contributed by atoms with Crippen molar-refractivity contribution in [2.45, 2.75) is 44.3 Å². The van der Waals surface area contributed by atoms with E-state index in [0.717, 1.165) is 11.0 Å². The van der Waals surface area contributed by atoms with Gasteiger partial charge in [0.1, 0.15) is 12.3 Å². The van der Waals surface area contributed by atoms with E-state index in [9.17, 15) is 38.1 Å². The topological polar surface area (TPSA) is 241 Å². The minimum absolute atomic E-state index is 0.0846. The number of phosphoric ester groups is 1. The molecule has 0 aliphatic carbocycles. The molecular formula is C29H34N3O14P2+. The number of aromatic nitrogens is 2. The van der Waals surface area contributed by atoms with E-state index >= 15 is 0 Å². The molecule has 6 atom stereocenters. The first kappa shape index (κ1) is 36.6. The summed E-state index contributed by atoms with van der Waals surface area (Å²) >= 11 is 0. The predicted molar refractivity (Wildman–Crippen MR) is 165 cm³/mol. The lowest BCUT2D eigenvalue weighted by Gasteiger charge is -2.24. The molecule has 4 rings (SSSR count). The van der Waals surface area contributed by atoms with Crippen molar-refractivity contribution in [1.29, 1.82) is 0 Å². The summed E-state index contributed by atoms with van der Waals surface area (Å²) in [5.74, 6) is -2.88. The minimum atomic E-state index is -5.38. The second kappa shape index (κ2) is 16.3. The molecule has 5 N–H and O–H groups in total. The molecule has 1 aliphatic rings. The number of ether oxygens (including phenoxy) is 3. The zero-order chi connectivity index (χ0) is 34.9. The first-order chi connectivity index (χ1) is 22.8. The molecule has 2 heterocycles. The summed E-state index contributed by atoms with van der Waals surface area (Å²) in [4.78, 5) is 73.3. The summed E-state index contributed by atoms with van der Waals surface area (Å²) in [6.07, 6.45) is -5.92. The first-order valence-corrected chi connectivity index (χ1v) is 17.8. The highest BCUT2D eigenvalue weighted by molar-refractivity contribution is 7.64. The summed E-state index contributed by atoms with van der Waals surface area (Å²) in [6.45, 7) is 1.52. The number of hydrogen-bond acceptors (Lipinski definition) is 12. The van der Waals surface area contributed by atoms with Crippen molar-refractivity contribution in [3.8, 4) is 0 Å². The number of rotatable bonds is 16. The van der Waals surface area contributed by atoms with Gasteiger partial charge in [0.15, 0.2) is 11.9 Å². The van der Waals surface area contributed by atoms with E-state index in [-0.39, 0.29) is 11.1 Å². The van der Waals surface area contributed by atoms with Gasteiger partial charge in [0.05, 0.1) is 30.3 Å². The van der Waals surface area contributed by atoms with E-state index < -0.39 is 82.7 Å². The molecule has 0 amide bonds. The molecular weight excluding hydrogens is 676 g/mol. The number of aromatic amines is 1. The molecule has 1 aromatic heterocycles. The van der Waals surface area contributed by atoms with Crippen LogP contribution in [0.2, 0.25) is 0 Å². The third kappa shape index (κ3) is 10.1. The lowest BCUT2D eigenvalue weighted by atomic mass is 10.1. The fraction of sp³-hybridized carbons (Fsp3) is 0.345. The van der Waals surface area contributed by atoms with Crippen molar-refractivity contribution in [2.75, 3.05) is 24.6 Å². The van der Waals surface area contributed by atoms with E-state index in [4.69, 9.17) is 23.8 Å².